The summed E-state index contributed by atoms with van der Waals surface area (Å²) in [7, 11) is 0. The normalized spacial score (nSPS) is 15.2. The first-order valence-corrected chi connectivity index (χ1v) is 7.74. The summed E-state index contributed by atoms with van der Waals surface area (Å²) in [4.78, 5) is 20.3. The number of amides is 1. The van der Waals surface area contributed by atoms with Gasteiger partial charge in [0.05, 0.1) is 10.2 Å². The number of nitrogens with zero attached hydrogens (tertiary/aromatic N) is 3. The summed E-state index contributed by atoms with van der Waals surface area (Å²) in [5, 5.41) is 1.08. The number of hydrogen-bond donors (Lipinski definition) is 0. The highest BCUT2D eigenvalue weighted by atomic mass is 35.5. The fourth-order valence-corrected chi connectivity index (χ4v) is 3.78. The quantitative estimate of drug-likeness (QED) is 0.808. The summed E-state index contributed by atoms with van der Waals surface area (Å²) in [6, 6.07) is 4.35. The minimum Gasteiger partial charge on any atom is -0.345 e. The molecule has 0 saturated carbocycles. The predicted molar refractivity (Wildman–Crippen MR) is 90.8 cm³/mol. The van der Waals surface area contributed by atoms with Crippen LogP contribution in [-0.2, 0) is 4.79 Å². The van der Waals surface area contributed by atoms with E-state index in [-0.39, 0.29) is 18.3 Å². The number of carbonyl (C=O) groups excluding carboxylic acids is 1. The summed E-state index contributed by atoms with van der Waals surface area (Å²) in [6.45, 7) is 9.23. The van der Waals surface area contributed by atoms with Crippen LogP contribution in [0.1, 0.15) is 18.1 Å². The first kappa shape index (κ1) is 16.0. The Morgan fingerprint density at radius 2 is 1.86 bits per heavy atom. The van der Waals surface area contributed by atoms with Crippen LogP contribution in [0.25, 0.3) is 10.2 Å². The van der Waals surface area contributed by atoms with E-state index in [1.807, 2.05) is 4.90 Å². The molecule has 1 aromatic heterocycles. The van der Waals surface area contributed by atoms with E-state index in [4.69, 9.17) is 4.98 Å². The molecule has 4 nitrogen and oxygen atoms in total. The lowest BCUT2D eigenvalue weighted by Gasteiger charge is -2.33. The van der Waals surface area contributed by atoms with Crippen molar-refractivity contribution in [2.45, 2.75) is 20.8 Å². The van der Waals surface area contributed by atoms with E-state index in [0.29, 0.717) is 0 Å². The molecule has 0 N–H and O–H groups in total. The van der Waals surface area contributed by atoms with Gasteiger partial charge < -0.3 is 9.80 Å². The molecule has 114 valence electrons. The maximum atomic E-state index is 11.4. The molecule has 0 bridgehead atoms. The van der Waals surface area contributed by atoms with E-state index in [0.717, 1.165) is 36.8 Å². The standard InChI is InChI=1S/C15H19N3OS.ClH/c1-10-8-11(2)14-13(9-10)16-15(20-14)18-6-4-17(5-7-18)12(3)19;/h8-9H,4-7H2,1-3H3;1H. The zero-order chi connectivity index (χ0) is 14.3. The molecule has 0 unspecified atom stereocenters. The Balaban J connectivity index is 0.00000161. The van der Waals surface area contributed by atoms with Crippen molar-refractivity contribution in [2.75, 3.05) is 31.1 Å². The van der Waals surface area contributed by atoms with E-state index < -0.39 is 0 Å². The topological polar surface area (TPSA) is 36.4 Å². The summed E-state index contributed by atoms with van der Waals surface area (Å²) in [5.41, 5.74) is 3.65. The van der Waals surface area contributed by atoms with Crippen LogP contribution >= 0.6 is 23.7 Å². The number of thiazole rings is 1. The van der Waals surface area contributed by atoms with Crippen molar-refractivity contribution in [1.29, 1.82) is 0 Å². The number of fused-ring (bicyclic) bond motifs is 1. The molecule has 1 saturated heterocycles. The number of halogens is 1. The molecule has 1 fully saturated rings. The smallest absolute Gasteiger partial charge is 0.219 e. The van der Waals surface area contributed by atoms with Crippen molar-refractivity contribution in [3.8, 4) is 0 Å². The molecule has 1 aliphatic heterocycles. The van der Waals surface area contributed by atoms with Crippen LogP contribution in [-0.4, -0.2) is 42.0 Å². The molecular formula is C15H20ClN3OS. The van der Waals surface area contributed by atoms with Crippen molar-refractivity contribution in [1.82, 2.24) is 9.88 Å². The molecule has 0 atom stereocenters. The highest BCUT2D eigenvalue weighted by molar-refractivity contribution is 7.22. The number of rotatable bonds is 1. The van der Waals surface area contributed by atoms with Gasteiger partial charge in [0.15, 0.2) is 5.13 Å². The molecule has 3 rings (SSSR count). The highest BCUT2D eigenvalue weighted by Crippen LogP contribution is 2.32. The third kappa shape index (κ3) is 3.14. The number of aromatic nitrogens is 1. The highest BCUT2D eigenvalue weighted by Gasteiger charge is 2.21. The second-order valence-corrected chi connectivity index (χ2v) is 6.40. The van der Waals surface area contributed by atoms with Crippen molar-refractivity contribution >= 4 is 45.0 Å². The van der Waals surface area contributed by atoms with Gasteiger partial charge in [-0.15, -0.1) is 12.4 Å². The molecule has 21 heavy (non-hydrogen) atoms. The average Bonchev–Trinajstić information content (AvgIpc) is 2.83. The van der Waals surface area contributed by atoms with Crippen molar-refractivity contribution < 1.29 is 4.79 Å². The fourth-order valence-electron chi connectivity index (χ4n) is 2.71. The zero-order valence-electron chi connectivity index (χ0n) is 12.5. The van der Waals surface area contributed by atoms with Crippen molar-refractivity contribution in [3.63, 3.8) is 0 Å². The molecular weight excluding hydrogens is 306 g/mol. The maximum absolute atomic E-state index is 11.4. The average molecular weight is 326 g/mol. The molecule has 1 aliphatic rings. The molecule has 2 heterocycles. The van der Waals surface area contributed by atoms with E-state index in [1.165, 1.54) is 15.8 Å². The van der Waals surface area contributed by atoms with Gasteiger partial charge in [0.25, 0.3) is 0 Å². The van der Waals surface area contributed by atoms with Crippen LogP contribution in [0, 0.1) is 13.8 Å². The lowest BCUT2D eigenvalue weighted by molar-refractivity contribution is -0.129. The third-order valence-electron chi connectivity index (χ3n) is 3.80. The third-order valence-corrected chi connectivity index (χ3v) is 5.07. The minimum absolute atomic E-state index is 0. The lowest BCUT2D eigenvalue weighted by atomic mass is 10.1. The first-order chi connectivity index (χ1) is 9.54. The second kappa shape index (κ2) is 6.20. The van der Waals surface area contributed by atoms with Gasteiger partial charge in [0.1, 0.15) is 0 Å². The molecule has 0 spiro atoms. The van der Waals surface area contributed by atoms with E-state index in [1.54, 1.807) is 18.3 Å². The van der Waals surface area contributed by atoms with Crippen LogP contribution in [0.4, 0.5) is 5.13 Å². The summed E-state index contributed by atoms with van der Waals surface area (Å²) >= 11 is 1.76. The van der Waals surface area contributed by atoms with Crippen LogP contribution < -0.4 is 4.90 Å². The first-order valence-electron chi connectivity index (χ1n) is 6.93. The molecule has 1 aromatic carbocycles. The zero-order valence-corrected chi connectivity index (χ0v) is 14.2. The number of carbonyl (C=O) groups is 1. The van der Waals surface area contributed by atoms with Crippen molar-refractivity contribution in [2.24, 2.45) is 0 Å². The van der Waals surface area contributed by atoms with Gasteiger partial charge in [-0.25, -0.2) is 4.98 Å². The minimum atomic E-state index is 0. The van der Waals surface area contributed by atoms with E-state index in [9.17, 15) is 4.79 Å². The monoisotopic (exact) mass is 325 g/mol. The molecule has 0 aliphatic carbocycles. The SMILES string of the molecule is CC(=O)N1CCN(c2nc3cc(C)cc(C)c3s2)CC1.Cl. The largest absolute Gasteiger partial charge is 0.345 e. The Hall–Kier alpha value is -1.33. The molecule has 1 amide bonds. The Morgan fingerprint density at radius 1 is 1.19 bits per heavy atom. The lowest BCUT2D eigenvalue weighted by Crippen LogP contribution is -2.48. The van der Waals surface area contributed by atoms with Gasteiger partial charge in [-0.1, -0.05) is 17.4 Å². The number of benzene rings is 1. The van der Waals surface area contributed by atoms with Crippen molar-refractivity contribution in [3.05, 3.63) is 23.3 Å². The predicted octanol–water partition coefficient (Wildman–Crippen LogP) is 3.00. The van der Waals surface area contributed by atoms with Gasteiger partial charge in [-0.05, 0) is 31.0 Å². The Bertz CT molecular complexity index is 662. The van der Waals surface area contributed by atoms with Crippen LogP contribution in [0.5, 0.6) is 0 Å². The Morgan fingerprint density at radius 3 is 2.48 bits per heavy atom. The number of aryl methyl sites for hydroxylation is 2. The van der Waals surface area contributed by atoms with Gasteiger partial charge in [0, 0.05) is 33.1 Å². The Labute approximate surface area is 135 Å². The number of piperazine rings is 1. The maximum Gasteiger partial charge on any atom is 0.219 e. The van der Waals surface area contributed by atoms with E-state index in [2.05, 4.69) is 30.9 Å². The van der Waals surface area contributed by atoms with Gasteiger partial charge >= 0.3 is 0 Å². The van der Waals surface area contributed by atoms with Gasteiger partial charge in [-0.3, -0.25) is 4.79 Å². The summed E-state index contributed by atoms with van der Waals surface area (Å²) in [6.07, 6.45) is 0. The van der Waals surface area contributed by atoms with E-state index >= 15 is 0 Å². The Kier molecular flexibility index (Phi) is 4.74. The number of anilines is 1. The summed E-state index contributed by atoms with van der Waals surface area (Å²) in [5.74, 6) is 0.167. The fraction of sp³-hybridized carbons (Fsp3) is 0.467. The van der Waals surface area contributed by atoms with Crippen LogP contribution in [0.3, 0.4) is 0 Å². The van der Waals surface area contributed by atoms with Crippen LogP contribution in [0.2, 0.25) is 0 Å². The number of hydrogen-bond acceptors (Lipinski definition) is 4. The molecule has 0 radical (unpaired) electrons. The van der Waals surface area contributed by atoms with Crippen LogP contribution in [0.15, 0.2) is 12.1 Å². The molecule has 2 aromatic rings. The molecule has 6 heteroatoms. The van der Waals surface area contributed by atoms with Gasteiger partial charge in [-0.2, -0.15) is 0 Å². The van der Waals surface area contributed by atoms with Gasteiger partial charge in [0.2, 0.25) is 5.91 Å². The summed E-state index contributed by atoms with van der Waals surface area (Å²) < 4.78 is 1.28. The second-order valence-electron chi connectivity index (χ2n) is 5.42.